The Kier molecular flexibility index (Phi) is 3.15. The highest BCUT2D eigenvalue weighted by molar-refractivity contribution is 7.09. The van der Waals surface area contributed by atoms with E-state index in [1.54, 1.807) is 11.3 Å². The van der Waals surface area contributed by atoms with Gasteiger partial charge in [0.05, 0.1) is 11.7 Å². The summed E-state index contributed by atoms with van der Waals surface area (Å²) in [5.41, 5.74) is 6.78. The number of aromatic nitrogens is 1. The summed E-state index contributed by atoms with van der Waals surface area (Å²) >= 11 is 1.68. The van der Waals surface area contributed by atoms with E-state index in [4.69, 9.17) is 5.73 Å². The third kappa shape index (κ3) is 1.97. The Morgan fingerprint density at radius 3 is 3.14 bits per heavy atom. The molecular formula is C10H17N3S. The number of thiazole rings is 1. The molecule has 1 aliphatic heterocycles. The Morgan fingerprint density at radius 2 is 2.50 bits per heavy atom. The molecule has 0 saturated carbocycles. The van der Waals surface area contributed by atoms with Crippen molar-refractivity contribution in [3.8, 4) is 0 Å². The van der Waals surface area contributed by atoms with Crippen LogP contribution in [0.1, 0.15) is 36.0 Å². The molecule has 2 rings (SSSR count). The summed E-state index contributed by atoms with van der Waals surface area (Å²) in [6.45, 7) is 1.77. The van der Waals surface area contributed by atoms with Crippen LogP contribution in [0.25, 0.3) is 0 Å². The van der Waals surface area contributed by atoms with Crippen LogP contribution in [0.5, 0.6) is 0 Å². The number of nitrogens with two attached hydrogens (primary N) is 1. The molecular weight excluding hydrogens is 194 g/mol. The summed E-state index contributed by atoms with van der Waals surface area (Å²) in [6.07, 6.45) is 3.88. The molecule has 3 nitrogen and oxygen atoms in total. The lowest BCUT2D eigenvalue weighted by molar-refractivity contribution is 0.184. The molecule has 0 spiro atoms. The fraction of sp³-hybridized carbons (Fsp3) is 0.700. The second kappa shape index (κ2) is 4.38. The van der Waals surface area contributed by atoms with Crippen molar-refractivity contribution in [1.82, 2.24) is 9.88 Å². The number of hydrogen-bond donors (Lipinski definition) is 1. The van der Waals surface area contributed by atoms with Crippen LogP contribution >= 0.6 is 11.3 Å². The van der Waals surface area contributed by atoms with Gasteiger partial charge in [-0.3, -0.25) is 4.90 Å². The minimum atomic E-state index is 0.528. The predicted octanol–water partition coefficient (Wildman–Crippen LogP) is 1.76. The molecule has 1 aliphatic rings. The predicted molar refractivity (Wildman–Crippen MR) is 59.2 cm³/mol. The van der Waals surface area contributed by atoms with Gasteiger partial charge in [-0.25, -0.2) is 4.98 Å². The highest BCUT2D eigenvalue weighted by Crippen LogP contribution is 2.29. The van der Waals surface area contributed by atoms with Crippen molar-refractivity contribution in [3.63, 3.8) is 0 Å². The second-order valence-electron chi connectivity index (χ2n) is 3.86. The van der Waals surface area contributed by atoms with Gasteiger partial charge in [0.25, 0.3) is 0 Å². The molecule has 1 atom stereocenters. The number of nitrogens with zero attached hydrogens (tertiary/aromatic N) is 2. The molecule has 14 heavy (non-hydrogen) atoms. The van der Waals surface area contributed by atoms with E-state index >= 15 is 0 Å². The standard InChI is InChI=1S/C10H17N3S/c1-13-5-3-2-4-9(13)8-7-14-10(6-11)12-8/h7,9H,2-6,11H2,1H3. The Hall–Kier alpha value is -0.450. The number of piperidine rings is 1. The van der Waals surface area contributed by atoms with Gasteiger partial charge in [0.2, 0.25) is 0 Å². The fourth-order valence-corrected chi connectivity index (χ4v) is 2.74. The first-order valence-corrected chi connectivity index (χ1v) is 6.04. The molecule has 4 heteroatoms. The highest BCUT2D eigenvalue weighted by atomic mass is 32.1. The zero-order valence-electron chi connectivity index (χ0n) is 8.57. The zero-order chi connectivity index (χ0) is 9.97. The van der Waals surface area contributed by atoms with Crippen molar-refractivity contribution in [2.45, 2.75) is 31.8 Å². The van der Waals surface area contributed by atoms with Gasteiger partial charge in [-0.05, 0) is 26.4 Å². The molecule has 78 valence electrons. The van der Waals surface area contributed by atoms with Crippen LogP contribution in [0, 0.1) is 0 Å². The maximum Gasteiger partial charge on any atom is 0.107 e. The molecule has 1 unspecified atom stereocenters. The van der Waals surface area contributed by atoms with Gasteiger partial charge < -0.3 is 5.73 Å². The molecule has 1 fully saturated rings. The maximum atomic E-state index is 5.56. The molecule has 1 saturated heterocycles. The Balaban J connectivity index is 2.12. The topological polar surface area (TPSA) is 42.1 Å². The quantitative estimate of drug-likeness (QED) is 0.810. The monoisotopic (exact) mass is 211 g/mol. The van der Waals surface area contributed by atoms with E-state index in [1.807, 2.05) is 0 Å². The van der Waals surface area contributed by atoms with Gasteiger partial charge in [-0.1, -0.05) is 6.42 Å². The lowest BCUT2D eigenvalue weighted by Crippen LogP contribution is -2.29. The second-order valence-corrected chi connectivity index (χ2v) is 4.81. The molecule has 0 radical (unpaired) electrons. The van der Waals surface area contributed by atoms with Gasteiger partial charge in [0, 0.05) is 11.9 Å². The molecule has 0 bridgehead atoms. The third-order valence-electron chi connectivity index (χ3n) is 2.86. The first kappa shape index (κ1) is 10.1. The minimum Gasteiger partial charge on any atom is -0.325 e. The van der Waals surface area contributed by atoms with Crippen LogP contribution in [0.2, 0.25) is 0 Å². The summed E-state index contributed by atoms with van der Waals surface area (Å²) in [4.78, 5) is 6.96. The van der Waals surface area contributed by atoms with Crippen LogP contribution < -0.4 is 5.73 Å². The summed E-state index contributed by atoms with van der Waals surface area (Å²) < 4.78 is 0. The summed E-state index contributed by atoms with van der Waals surface area (Å²) in [6, 6.07) is 0.528. The van der Waals surface area contributed by atoms with Gasteiger partial charge in [-0.15, -0.1) is 11.3 Å². The lowest BCUT2D eigenvalue weighted by Gasteiger charge is -2.31. The highest BCUT2D eigenvalue weighted by Gasteiger charge is 2.22. The lowest BCUT2D eigenvalue weighted by atomic mass is 10.0. The number of likely N-dealkylation sites (tertiary alicyclic amines) is 1. The van der Waals surface area contributed by atoms with E-state index in [-0.39, 0.29) is 0 Å². The molecule has 2 N–H and O–H groups in total. The van der Waals surface area contributed by atoms with Crippen LogP contribution in [0.4, 0.5) is 0 Å². The number of hydrogen-bond acceptors (Lipinski definition) is 4. The average molecular weight is 211 g/mol. The normalized spacial score (nSPS) is 24.0. The van der Waals surface area contributed by atoms with Crippen molar-refractivity contribution in [3.05, 3.63) is 16.1 Å². The third-order valence-corrected chi connectivity index (χ3v) is 3.75. The van der Waals surface area contributed by atoms with E-state index in [0.29, 0.717) is 12.6 Å². The molecule has 1 aromatic heterocycles. The van der Waals surface area contributed by atoms with Crippen molar-refractivity contribution in [2.75, 3.05) is 13.6 Å². The zero-order valence-corrected chi connectivity index (χ0v) is 9.39. The average Bonchev–Trinajstić information content (AvgIpc) is 2.67. The first-order valence-electron chi connectivity index (χ1n) is 5.16. The molecule has 0 aromatic carbocycles. The smallest absolute Gasteiger partial charge is 0.107 e. The van der Waals surface area contributed by atoms with Gasteiger partial charge >= 0.3 is 0 Å². The van der Waals surface area contributed by atoms with Crippen molar-refractivity contribution >= 4 is 11.3 Å². The Bertz CT molecular complexity index is 297. The van der Waals surface area contributed by atoms with E-state index in [0.717, 1.165) is 5.01 Å². The van der Waals surface area contributed by atoms with E-state index in [1.165, 1.54) is 31.5 Å². The number of rotatable bonds is 2. The molecule has 1 aromatic rings. The van der Waals surface area contributed by atoms with Crippen molar-refractivity contribution in [2.24, 2.45) is 5.73 Å². The van der Waals surface area contributed by atoms with Crippen molar-refractivity contribution < 1.29 is 0 Å². The fourth-order valence-electron chi connectivity index (χ4n) is 2.02. The van der Waals surface area contributed by atoms with Crippen LogP contribution in [-0.2, 0) is 6.54 Å². The van der Waals surface area contributed by atoms with Gasteiger partial charge in [0.1, 0.15) is 5.01 Å². The van der Waals surface area contributed by atoms with E-state index in [9.17, 15) is 0 Å². The first-order chi connectivity index (χ1) is 6.81. The molecule has 2 heterocycles. The van der Waals surface area contributed by atoms with Crippen LogP contribution in [-0.4, -0.2) is 23.5 Å². The Labute approximate surface area is 88.9 Å². The van der Waals surface area contributed by atoms with Crippen molar-refractivity contribution in [1.29, 1.82) is 0 Å². The molecule has 0 amide bonds. The summed E-state index contributed by atoms with van der Waals surface area (Å²) in [5, 5.41) is 3.22. The maximum absolute atomic E-state index is 5.56. The minimum absolute atomic E-state index is 0.528. The van der Waals surface area contributed by atoms with Crippen LogP contribution in [0.15, 0.2) is 5.38 Å². The SMILES string of the molecule is CN1CCCCC1c1csc(CN)n1. The Morgan fingerprint density at radius 1 is 1.64 bits per heavy atom. The summed E-state index contributed by atoms with van der Waals surface area (Å²) in [7, 11) is 2.19. The van der Waals surface area contributed by atoms with Gasteiger partial charge in [-0.2, -0.15) is 0 Å². The van der Waals surface area contributed by atoms with E-state index in [2.05, 4.69) is 22.3 Å². The van der Waals surface area contributed by atoms with Crippen LogP contribution in [0.3, 0.4) is 0 Å². The summed E-state index contributed by atoms with van der Waals surface area (Å²) in [5.74, 6) is 0. The van der Waals surface area contributed by atoms with Gasteiger partial charge in [0.15, 0.2) is 0 Å². The van der Waals surface area contributed by atoms with E-state index < -0.39 is 0 Å². The molecule has 0 aliphatic carbocycles. The largest absolute Gasteiger partial charge is 0.325 e.